The Morgan fingerprint density at radius 3 is 2.10 bits per heavy atom. The maximum atomic E-state index is 13.0. The van der Waals surface area contributed by atoms with Gasteiger partial charge in [-0.1, -0.05) is 12.8 Å². The average molecular weight is 451 g/mol. The van der Waals surface area contributed by atoms with E-state index in [1.165, 1.54) is 35.7 Å². The molecule has 0 amide bonds. The van der Waals surface area contributed by atoms with Crippen LogP contribution < -0.4 is 9.47 Å². The molecule has 2 aromatic carbocycles. The number of methoxy groups -OCH3 is 1. The lowest BCUT2D eigenvalue weighted by Crippen LogP contribution is -2.31. The molecule has 12 heteroatoms. The first-order chi connectivity index (χ1) is 14.7. The summed E-state index contributed by atoms with van der Waals surface area (Å²) in [7, 11) is -2.58. The molecule has 0 saturated carbocycles. The smallest absolute Gasteiger partial charge is 0.312 e. The molecule has 3 rings (SSSR count). The van der Waals surface area contributed by atoms with E-state index in [1.807, 2.05) is 0 Å². The van der Waals surface area contributed by atoms with Gasteiger partial charge in [0, 0.05) is 25.2 Å². The van der Waals surface area contributed by atoms with Crippen molar-refractivity contribution >= 4 is 21.4 Å². The number of benzene rings is 2. The van der Waals surface area contributed by atoms with Crippen molar-refractivity contribution in [3.63, 3.8) is 0 Å². The van der Waals surface area contributed by atoms with Crippen LogP contribution in [0.1, 0.15) is 25.7 Å². The van der Waals surface area contributed by atoms with Gasteiger partial charge in [-0.15, -0.1) is 0 Å². The van der Waals surface area contributed by atoms with Crippen LogP contribution in [0.3, 0.4) is 0 Å². The van der Waals surface area contributed by atoms with E-state index < -0.39 is 25.6 Å². The van der Waals surface area contributed by atoms with Gasteiger partial charge in [-0.05, 0) is 31.0 Å². The molecule has 0 bridgehead atoms. The molecule has 1 fully saturated rings. The first kappa shape index (κ1) is 22.4. The number of hydrogen-bond donors (Lipinski definition) is 0. The van der Waals surface area contributed by atoms with Crippen molar-refractivity contribution < 1.29 is 27.7 Å². The molecule has 31 heavy (non-hydrogen) atoms. The summed E-state index contributed by atoms with van der Waals surface area (Å²) in [5, 5.41) is 22.7. The SMILES string of the molecule is COc1ccc([N+](=O)[O-])cc1Oc1ccc(S(=O)(=O)N2CCCCCC2)cc1[N+](=O)[O-]. The third-order valence-corrected chi connectivity index (χ3v) is 6.80. The Labute approximate surface area is 178 Å². The highest BCUT2D eigenvalue weighted by Crippen LogP contribution is 2.39. The monoisotopic (exact) mass is 451 g/mol. The number of nitro benzene ring substituents is 2. The summed E-state index contributed by atoms with van der Waals surface area (Å²) >= 11 is 0. The zero-order valence-corrected chi connectivity index (χ0v) is 17.5. The number of rotatable bonds is 7. The van der Waals surface area contributed by atoms with Crippen LogP contribution in [0.15, 0.2) is 41.3 Å². The molecule has 0 aromatic heterocycles. The second kappa shape index (κ2) is 9.27. The quantitative estimate of drug-likeness (QED) is 0.456. The molecule has 2 aromatic rings. The largest absolute Gasteiger partial charge is 0.493 e. The maximum Gasteiger partial charge on any atom is 0.312 e. The fourth-order valence-electron chi connectivity index (χ4n) is 3.29. The van der Waals surface area contributed by atoms with Crippen LogP contribution >= 0.6 is 0 Å². The van der Waals surface area contributed by atoms with E-state index in [0.29, 0.717) is 13.1 Å². The molecule has 1 saturated heterocycles. The molecule has 0 N–H and O–H groups in total. The second-order valence-corrected chi connectivity index (χ2v) is 8.84. The first-order valence-corrected chi connectivity index (χ1v) is 11.0. The molecule has 0 unspecified atom stereocenters. The number of sulfonamides is 1. The van der Waals surface area contributed by atoms with Crippen molar-refractivity contribution in [3.8, 4) is 17.2 Å². The maximum absolute atomic E-state index is 13.0. The van der Waals surface area contributed by atoms with Gasteiger partial charge in [0.1, 0.15) is 0 Å². The predicted octanol–water partition coefficient (Wildman–Crippen LogP) is 3.87. The Morgan fingerprint density at radius 2 is 1.52 bits per heavy atom. The predicted molar refractivity (Wildman–Crippen MR) is 110 cm³/mol. The second-order valence-electron chi connectivity index (χ2n) is 6.90. The minimum absolute atomic E-state index is 0.108. The standard InChI is InChI=1S/C19H21N3O8S/c1-29-18-8-6-14(21(23)24)12-19(18)30-17-9-7-15(13-16(17)22(25)26)31(27,28)20-10-4-2-3-5-11-20/h6-9,12-13H,2-5,10-11H2,1H3. The van der Waals surface area contributed by atoms with Crippen molar-refractivity contribution in [2.75, 3.05) is 20.2 Å². The van der Waals surface area contributed by atoms with Gasteiger partial charge in [0.25, 0.3) is 5.69 Å². The van der Waals surface area contributed by atoms with Crippen molar-refractivity contribution in [2.45, 2.75) is 30.6 Å². The van der Waals surface area contributed by atoms with Crippen LogP contribution in [0.2, 0.25) is 0 Å². The summed E-state index contributed by atoms with van der Waals surface area (Å²) in [6.07, 6.45) is 3.33. The minimum atomic E-state index is -3.90. The topological polar surface area (TPSA) is 142 Å². The number of hydrogen-bond acceptors (Lipinski definition) is 8. The summed E-state index contributed by atoms with van der Waals surface area (Å²) in [6.45, 7) is 0.721. The van der Waals surface area contributed by atoms with Gasteiger partial charge in [0.15, 0.2) is 11.5 Å². The van der Waals surface area contributed by atoms with Crippen LogP contribution in [-0.2, 0) is 10.0 Å². The zero-order chi connectivity index (χ0) is 22.6. The molecular formula is C19H21N3O8S. The van der Waals surface area contributed by atoms with Crippen LogP contribution in [0, 0.1) is 20.2 Å². The Bertz CT molecular complexity index is 1100. The Balaban J connectivity index is 1.99. The van der Waals surface area contributed by atoms with E-state index in [4.69, 9.17) is 9.47 Å². The van der Waals surface area contributed by atoms with Crippen molar-refractivity contribution in [2.24, 2.45) is 0 Å². The normalized spacial score (nSPS) is 15.1. The summed E-state index contributed by atoms with van der Waals surface area (Å²) < 4.78 is 37.9. The summed E-state index contributed by atoms with van der Waals surface area (Å²) in [5.74, 6) is -0.247. The lowest BCUT2D eigenvalue weighted by Gasteiger charge is -2.20. The highest BCUT2D eigenvalue weighted by atomic mass is 32.2. The van der Waals surface area contributed by atoms with Gasteiger partial charge < -0.3 is 9.47 Å². The highest BCUT2D eigenvalue weighted by molar-refractivity contribution is 7.89. The van der Waals surface area contributed by atoms with Crippen molar-refractivity contribution in [1.82, 2.24) is 4.31 Å². The van der Waals surface area contributed by atoms with Gasteiger partial charge in [0.2, 0.25) is 15.8 Å². The van der Waals surface area contributed by atoms with Crippen molar-refractivity contribution in [1.29, 1.82) is 0 Å². The van der Waals surface area contributed by atoms with Gasteiger partial charge >= 0.3 is 5.69 Å². The van der Waals surface area contributed by atoms with Gasteiger partial charge in [-0.3, -0.25) is 20.2 Å². The van der Waals surface area contributed by atoms with Crippen LogP contribution in [-0.4, -0.2) is 42.8 Å². The fourth-order valence-corrected chi connectivity index (χ4v) is 4.83. The molecule has 11 nitrogen and oxygen atoms in total. The Hall–Kier alpha value is -3.25. The number of ether oxygens (including phenoxy) is 2. The van der Waals surface area contributed by atoms with Crippen LogP contribution in [0.4, 0.5) is 11.4 Å². The Morgan fingerprint density at radius 1 is 0.871 bits per heavy atom. The minimum Gasteiger partial charge on any atom is -0.493 e. The molecular weight excluding hydrogens is 430 g/mol. The van der Waals surface area contributed by atoms with Gasteiger partial charge in [-0.2, -0.15) is 4.31 Å². The number of nitrogens with zero attached hydrogens (tertiary/aromatic N) is 3. The van der Waals surface area contributed by atoms with Crippen molar-refractivity contribution in [3.05, 3.63) is 56.6 Å². The molecule has 0 atom stereocenters. The third-order valence-electron chi connectivity index (χ3n) is 4.91. The summed E-state index contributed by atoms with van der Waals surface area (Å²) in [5.41, 5.74) is -0.872. The Kier molecular flexibility index (Phi) is 6.71. The summed E-state index contributed by atoms with van der Waals surface area (Å²) in [4.78, 5) is 21.1. The van der Waals surface area contributed by atoms with Gasteiger partial charge in [0.05, 0.1) is 27.9 Å². The lowest BCUT2D eigenvalue weighted by molar-refractivity contribution is -0.386. The number of nitro groups is 2. The van der Waals surface area contributed by atoms with Gasteiger partial charge in [-0.25, -0.2) is 8.42 Å². The van der Waals surface area contributed by atoms with E-state index in [0.717, 1.165) is 37.8 Å². The van der Waals surface area contributed by atoms with E-state index in [-0.39, 0.29) is 27.8 Å². The van der Waals surface area contributed by atoms with E-state index in [2.05, 4.69) is 0 Å². The zero-order valence-electron chi connectivity index (χ0n) is 16.7. The molecule has 166 valence electrons. The lowest BCUT2D eigenvalue weighted by atomic mass is 10.2. The molecule has 0 radical (unpaired) electrons. The average Bonchev–Trinajstić information content (AvgIpc) is 3.04. The molecule has 0 aliphatic carbocycles. The summed E-state index contributed by atoms with van der Waals surface area (Å²) in [6, 6.07) is 6.92. The third kappa shape index (κ3) is 4.91. The fraction of sp³-hybridized carbons (Fsp3) is 0.368. The molecule has 0 spiro atoms. The number of non-ortho nitro benzene ring substituents is 1. The van der Waals surface area contributed by atoms with E-state index in [9.17, 15) is 28.6 Å². The molecule has 1 heterocycles. The first-order valence-electron chi connectivity index (χ1n) is 9.53. The molecule has 1 aliphatic heterocycles. The van der Waals surface area contributed by atoms with Crippen LogP contribution in [0.5, 0.6) is 17.2 Å². The van der Waals surface area contributed by atoms with Crippen LogP contribution in [0.25, 0.3) is 0 Å². The van der Waals surface area contributed by atoms with E-state index >= 15 is 0 Å². The van der Waals surface area contributed by atoms with E-state index in [1.54, 1.807) is 0 Å². The molecule has 1 aliphatic rings. The highest BCUT2D eigenvalue weighted by Gasteiger charge is 2.29.